The van der Waals surface area contributed by atoms with Crippen LogP contribution in [0.1, 0.15) is 26.2 Å². The van der Waals surface area contributed by atoms with Crippen LogP contribution in [0, 0.1) is 11.7 Å². The van der Waals surface area contributed by atoms with E-state index in [9.17, 15) is 4.39 Å². The Morgan fingerprint density at radius 3 is 2.94 bits per heavy atom. The molecule has 98 valence electrons. The molecule has 1 aliphatic heterocycles. The van der Waals surface area contributed by atoms with Crippen molar-refractivity contribution < 1.29 is 4.39 Å². The zero-order chi connectivity index (χ0) is 12.5. The van der Waals surface area contributed by atoms with Crippen LogP contribution in [0.3, 0.4) is 0 Å². The van der Waals surface area contributed by atoms with Crippen LogP contribution in [-0.2, 0) is 0 Å². The first kappa shape index (κ1) is 11.9. The van der Waals surface area contributed by atoms with Crippen molar-refractivity contribution in [3.05, 3.63) is 24.3 Å². The molecular formula is C14H20FN3. The lowest BCUT2D eigenvalue weighted by molar-refractivity contribution is 0.359. The Balaban J connectivity index is 1.80. The quantitative estimate of drug-likeness (QED) is 0.890. The zero-order valence-electron chi connectivity index (χ0n) is 10.8. The lowest BCUT2D eigenvalue weighted by Gasteiger charge is -2.41. The van der Waals surface area contributed by atoms with Crippen molar-refractivity contribution in [2.75, 3.05) is 18.0 Å². The number of rotatable bonds is 3. The summed E-state index contributed by atoms with van der Waals surface area (Å²) in [6.45, 7) is 4.16. The zero-order valence-corrected chi connectivity index (χ0v) is 10.8. The molecule has 2 heterocycles. The van der Waals surface area contributed by atoms with Crippen molar-refractivity contribution in [1.29, 1.82) is 0 Å². The van der Waals surface area contributed by atoms with Crippen molar-refractivity contribution in [2.45, 2.75) is 38.3 Å². The molecule has 1 saturated heterocycles. The molecule has 18 heavy (non-hydrogen) atoms. The van der Waals surface area contributed by atoms with Gasteiger partial charge in [-0.15, -0.1) is 0 Å². The van der Waals surface area contributed by atoms with E-state index >= 15 is 0 Å². The van der Waals surface area contributed by atoms with Gasteiger partial charge in [-0.3, -0.25) is 4.98 Å². The average molecular weight is 249 g/mol. The lowest BCUT2D eigenvalue weighted by Crippen LogP contribution is -2.57. The molecule has 1 aliphatic carbocycles. The van der Waals surface area contributed by atoms with Gasteiger partial charge in [0.05, 0.1) is 18.1 Å². The molecule has 1 aromatic heterocycles. The maximum atomic E-state index is 13.3. The first-order valence-electron chi connectivity index (χ1n) is 6.88. The van der Waals surface area contributed by atoms with Gasteiger partial charge >= 0.3 is 0 Å². The molecule has 1 aromatic rings. The monoisotopic (exact) mass is 249 g/mol. The highest BCUT2D eigenvalue weighted by Gasteiger charge is 2.36. The molecule has 2 atom stereocenters. The van der Waals surface area contributed by atoms with Crippen molar-refractivity contribution in [2.24, 2.45) is 5.92 Å². The summed E-state index contributed by atoms with van der Waals surface area (Å²) in [7, 11) is 0. The van der Waals surface area contributed by atoms with Gasteiger partial charge in [0.15, 0.2) is 0 Å². The summed E-state index contributed by atoms with van der Waals surface area (Å²) in [6, 6.07) is 2.62. The normalized spacial score (nSPS) is 28.4. The molecule has 0 bridgehead atoms. The van der Waals surface area contributed by atoms with E-state index in [4.69, 9.17) is 0 Å². The van der Waals surface area contributed by atoms with Crippen LogP contribution in [0.5, 0.6) is 0 Å². The van der Waals surface area contributed by atoms with Crippen LogP contribution in [0.15, 0.2) is 18.5 Å². The van der Waals surface area contributed by atoms with E-state index in [0.717, 1.165) is 31.1 Å². The molecule has 3 rings (SSSR count). The van der Waals surface area contributed by atoms with E-state index in [0.29, 0.717) is 12.1 Å². The van der Waals surface area contributed by atoms with Gasteiger partial charge in [-0.2, -0.15) is 0 Å². The average Bonchev–Trinajstić information content (AvgIpc) is 3.22. The largest absolute Gasteiger partial charge is 0.364 e. The van der Waals surface area contributed by atoms with Gasteiger partial charge in [-0.25, -0.2) is 4.39 Å². The van der Waals surface area contributed by atoms with Crippen LogP contribution in [-0.4, -0.2) is 30.2 Å². The third kappa shape index (κ3) is 2.34. The Hall–Kier alpha value is -1.16. The Labute approximate surface area is 107 Å². The fourth-order valence-electron chi connectivity index (χ4n) is 2.88. The van der Waals surface area contributed by atoms with Crippen LogP contribution in [0.25, 0.3) is 0 Å². The predicted molar refractivity (Wildman–Crippen MR) is 70.1 cm³/mol. The van der Waals surface area contributed by atoms with Crippen LogP contribution in [0.2, 0.25) is 0 Å². The molecule has 3 nitrogen and oxygen atoms in total. The van der Waals surface area contributed by atoms with E-state index < -0.39 is 0 Å². The standard InChI is InChI=1S/C14H20FN3/c1-2-12-8-17-14(10-3-4-10)9-18(12)13-5-11(15)6-16-7-13/h5-7,10,12,14,17H,2-4,8-9H2,1H3. The SMILES string of the molecule is CCC1CNC(C2CC2)CN1c1cncc(F)c1. The number of nitrogens with one attached hydrogen (secondary N) is 1. The number of piperazine rings is 1. The summed E-state index contributed by atoms with van der Waals surface area (Å²) < 4.78 is 13.3. The second-order valence-electron chi connectivity index (χ2n) is 5.43. The van der Waals surface area contributed by atoms with E-state index in [1.54, 1.807) is 12.3 Å². The molecular weight excluding hydrogens is 229 g/mol. The van der Waals surface area contributed by atoms with E-state index in [1.807, 2.05) is 0 Å². The minimum Gasteiger partial charge on any atom is -0.364 e. The summed E-state index contributed by atoms with van der Waals surface area (Å²) in [5.74, 6) is 0.579. The lowest BCUT2D eigenvalue weighted by atomic mass is 10.0. The Kier molecular flexibility index (Phi) is 3.20. The second-order valence-corrected chi connectivity index (χ2v) is 5.43. The molecule has 0 radical (unpaired) electrons. The summed E-state index contributed by atoms with van der Waals surface area (Å²) in [5.41, 5.74) is 0.925. The van der Waals surface area contributed by atoms with Gasteiger partial charge in [0.25, 0.3) is 0 Å². The van der Waals surface area contributed by atoms with E-state index in [2.05, 4.69) is 22.1 Å². The van der Waals surface area contributed by atoms with Gasteiger partial charge in [-0.05, 0) is 25.2 Å². The molecule has 1 N–H and O–H groups in total. The third-order valence-electron chi connectivity index (χ3n) is 4.13. The van der Waals surface area contributed by atoms with Crippen molar-refractivity contribution in [3.8, 4) is 0 Å². The number of halogens is 1. The highest BCUT2D eigenvalue weighted by molar-refractivity contribution is 5.46. The number of nitrogens with zero attached hydrogens (tertiary/aromatic N) is 2. The first-order valence-corrected chi connectivity index (χ1v) is 6.88. The fourth-order valence-corrected chi connectivity index (χ4v) is 2.88. The third-order valence-corrected chi connectivity index (χ3v) is 4.13. The summed E-state index contributed by atoms with van der Waals surface area (Å²) in [6.07, 6.45) is 6.79. The molecule has 0 amide bonds. The number of pyridine rings is 1. The maximum absolute atomic E-state index is 13.3. The first-order chi connectivity index (χ1) is 8.78. The van der Waals surface area contributed by atoms with Crippen molar-refractivity contribution >= 4 is 5.69 Å². The van der Waals surface area contributed by atoms with E-state index in [1.165, 1.54) is 19.0 Å². The van der Waals surface area contributed by atoms with Crippen LogP contribution >= 0.6 is 0 Å². The van der Waals surface area contributed by atoms with Crippen LogP contribution < -0.4 is 10.2 Å². The Morgan fingerprint density at radius 1 is 1.44 bits per heavy atom. The van der Waals surface area contributed by atoms with Gasteiger partial charge in [0.2, 0.25) is 0 Å². The van der Waals surface area contributed by atoms with Gasteiger partial charge < -0.3 is 10.2 Å². The number of anilines is 1. The van der Waals surface area contributed by atoms with E-state index in [-0.39, 0.29) is 5.82 Å². The van der Waals surface area contributed by atoms with Crippen LogP contribution in [0.4, 0.5) is 10.1 Å². The highest BCUT2D eigenvalue weighted by atomic mass is 19.1. The number of hydrogen-bond acceptors (Lipinski definition) is 3. The molecule has 2 fully saturated rings. The maximum Gasteiger partial charge on any atom is 0.143 e. The molecule has 2 unspecified atom stereocenters. The Bertz CT molecular complexity index is 419. The summed E-state index contributed by atoms with van der Waals surface area (Å²) in [4.78, 5) is 6.31. The second kappa shape index (κ2) is 4.84. The highest BCUT2D eigenvalue weighted by Crippen LogP contribution is 2.35. The fraction of sp³-hybridized carbons (Fsp3) is 0.643. The summed E-state index contributed by atoms with van der Waals surface area (Å²) in [5, 5.41) is 3.64. The molecule has 0 spiro atoms. The van der Waals surface area contributed by atoms with Crippen molar-refractivity contribution in [3.63, 3.8) is 0 Å². The smallest absolute Gasteiger partial charge is 0.143 e. The molecule has 4 heteroatoms. The van der Waals surface area contributed by atoms with Crippen molar-refractivity contribution in [1.82, 2.24) is 10.3 Å². The minimum absolute atomic E-state index is 0.246. The molecule has 2 aliphatic rings. The number of aromatic nitrogens is 1. The topological polar surface area (TPSA) is 28.2 Å². The Morgan fingerprint density at radius 2 is 2.28 bits per heavy atom. The predicted octanol–water partition coefficient (Wildman–Crippen LogP) is 2.19. The minimum atomic E-state index is -0.246. The van der Waals surface area contributed by atoms with Gasteiger partial charge in [-0.1, -0.05) is 6.92 Å². The number of hydrogen-bond donors (Lipinski definition) is 1. The summed E-state index contributed by atoms with van der Waals surface area (Å²) >= 11 is 0. The molecule has 0 aromatic carbocycles. The molecule has 1 saturated carbocycles. The van der Waals surface area contributed by atoms with Gasteiger partial charge in [0, 0.05) is 31.2 Å². The van der Waals surface area contributed by atoms with Gasteiger partial charge in [0.1, 0.15) is 5.82 Å².